The lowest BCUT2D eigenvalue weighted by atomic mass is 9.43. The number of hydrogen-bond donors (Lipinski definition) is 4. The third kappa shape index (κ3) is 3.27. The first-order chi connectivity index (χ1) is 13.6. The molecule has 4 fully saturated rings. The van der Waals surface area contributed by atoms with Crippen molar-refractivity contribution in [1.29, 1.82) is 0 Å². The second-order valence-electron chi connectivity index (χ2n) is 11.4. The van der Waals surface area contributed by atoms with E-state index in [1.54, 1.807) is 0 Å². The normalized spacial score (nSPS) is 52.9. The molecule has 0 saturated heterocycles. The maximum atomic E-state index is 11.5. The van der Waals surface area contributed by atoms with Gasteiger partial charge >= 0.3 is 5.97 Å². The van der Waals surface area contributed by atoms with E-state index in [-0.39, 0.29) is 41.3 Å². The maximum absolute atomic E-state index is 11.5. The molecule has 11 atom stereocenters. The van der Waals surface area contributed by atoms with Gasteiger partial charge in [-0.1, -0.05) is 20.8 Å². The number of aliphatic hydroxyl groups is 3. The monoisotopic (exact) mass is 408 g/mol. The van der Waals surface area contributed by atoms with Crippen molar-refractivity contribution in [3.8, 4) is 0 Å². The summed E-state index contributed by atoms with van der Waals surface area (Å²) in [5.41, 5.74) is -0.143. The van der Waals surface area contributed by atoms with E-state index < -0.39 is 12.1 Å². The molecule has 29 heavy (non-hydrogen) atoms. The van der Waals surface area contributed by atoms with Crippen molar-refractivity contribution in [3.05, 3.63) is 0 Å². The number of rotatable bonds is 4. The summed E-state index contributed by atoms with van der Waals surface area (Å²) >= 11 is 0. The number of carboxylic acid groups (broad SMARTS) is 1. The lowest BCUT2D eigenvalue weighted by Gasteiger charge is -2.63. The van der Waals surface area contributed by atoms with E-state index in [1.165, 1.54) is 0 Å². The minimum absolute atomic E-state index is 0.0957. The molecule has 0 radical (unpaired) electrons. The minimum Gasteiger partial charge on any atom is -0.481 e. The van der Waals surface area contributed by atoms with E-state index in [4.69, 9.17) is 5.11 Å². The first-order valence-corrected chi connectivity index (χ1v) is 11.8. The van der Waals surface area contributed by atoms with E-state index in [9.17, 15) is 20.1 Å². The third-order valence-corrected chi connectivity index (χ3v) is 10.3. The quantitative estimate of drug-likeness (QED) is 0.571. The molecule has 4 saturated carbocycles. The number of fused-ring (bicyclic) bond motifs is 5. The molecule has 4 aliphatic carbocycles. The van der Waals surface area contributed by atoms with Crippen molar-refractivity contribution in [1.82, 2.24) is 0 Å². The summed E-state index contributed by atoms with van der Waals surface area (Å²) in [5, 5.41) is 42.0. The summed E-state index contributed by atoms with van der Waals surface area (Å²) in [6.07, 6.45) is 6.00. The van der Waals surface area contributed by atoms with Gasteiger partial charge in [-0.05, 0) is 97.7 Å². The molecular formula is C24H40O5. The second-order valence-corrected chi connectivity index (χ2v) is 11.4. The van der Waals surface area contributed by atoms with Gasteiger partial charge in [0.2, 0.25) is 0 Å². The highest BCUT2D eigenvalue weighted by Gasteiger charge is 2.65. The summed E-state index contributed by atoms with van der Waals surface area (Å²) in [7, 11) is 0. The Bertz CT molecular complexity index is 637. The fourth-order valence-electron chi connectivity index (χ4n) is 8.68. The van der Waals surface area contributed by atoms with Crippen LogP contribution in [-0.2, 0) is 4.79 Å². The van der Waals surface area contributed by atoms with Crippen molar-refractivity contribution in [2.24, 2.45) is 46.3 Å². The van der Waals surface area contributed by atoms with Gasteiger partial charge in [-0.15, -0.1) is 0 Å². The zero-order valence-corrected chi connectivity index (χ0v) is 18.3. The van der Waals surface area contributed by atoms with Gasteiger partial charge < -0.3 is 20.4 Å². The van der Waals surface area contributed by atoms with E-state index in [2.05, 4.69) is 20.8 Å². The number of aliphatic carboxylic acids is 1. The summed E-state index contributed by atoms with van der Waals surface area (Å²) in [6.45, 7) is 6.72. The topological polar surface area (TPSA) is 98.0 Å². The molecule has 4 rings (SSSR count). The van der Waals surface area contributed by atoms with Gasteiger partial charge in [0.15, 0.2) is 0 Å². The Hall–Kier alpha value is -0.650. The molecule has 0 aromatic rings. The number of hydrogen-bond acceptors (Lipinski definition) is 4. The van der Waals surface area contributed by atoms with Gasteiger partial charge in [0, 0.05) is 6.42 Å². The summed E-state index contributed by atoms with van der Waals surface area (Å²) in [5.74, 6) is 0.997. The SMILES string of the molecule is CC(CCC(=O)O)C1CCC2C3C(C[C@H](O)[C@]12C)[C@@]1(C)CC[C@@H](O)CC1C[C@H]3O. The molecule has 0 bridgehead atoms. The van der Waals surface area contributed by atoms with Crippen LogP contribution < -0.4 is 0 Å². The zero-order valence-electron chi connectivity index (χ0n) is 18.3. The highest BCUT2D eigenvalue weighted by atomic mass is 16.4. The van der Waals surface area contributed by atoms with Gasteiger partial charge in [0.25, 0.3) is 0 Å². The Balaban J connectivity index is 1.61. The van der Waals surface area contributed by atoms with Crippen molar-refractivity contribution < 1.29 is 25.2 Å². The first kappa shape index (κ1) is 21.6. The predicted octanol–water partition coefficient (Wildman–Crippen LogP) is 3.45. The van der Waals surface area contributed by atoms with Crippen molar-refractivity contribution >= 4 is 5.97 Å². The van der Waals surface area contributed by atoms with Crippen LogP contribution in [0.2, 0.25) is 0 Å². The summed E-state index contributed by atoms with van der Waals surface area (Å²) < 4.78 is 0. The molecule has 0 aromatic heterocycles. The van der Waals surface area contributed by atoms with Crippen molar-refractivity contribution in [2.75, 3.05) is 0 Å². The Labute approximate surface area is 174 Å². The zero-order chi connectivity index (χ0) is 21.1. The van der Waals surface area contributed by atoms with Crippen molar-refractivity contribution in [2.45, 2.75) is 96.9 Å². The Morgan fingerprint density at radius 1 is 1.03 bits per heavy atom. The van der Waals surface area contributed by atoms with Gasteiger partial charge in [-0.25, -0.2) is 0 Å². The largest absolute Gasteiger partial charge is 0.481 e. The molecule has 0 amide bonds. The number of carboxylic acids is 1. The summed E-state index contributed by atoms with van der Waals surface area (Å²) in [4.78, 5) is 11.1. The Morgan fingerprint density at radius 3 is 2.45 bits per heavy atom. The van der Waals surface area contributed by atoms with Crippen LogP contribution in [0.1, 0.15) is 78.6 Å². The summed E-state index contributed by atoms with van der Waals surface area (Å²) in [6, 6.07) is 0. The van der Waals surface area contributed by atoms with Gasteiger partial charge in [0.1, 0.15) is 0 Å². The van der Waals surface area contributed by atoms with Crippen LogP contribution in [0.3, 0.4) is 0 Å². The highest BCUT2D eigenvalue weighted by molar-refractivity contribution is 5.66. The first-order valence-electron chi connectivity index (χ1n) is 11.8. The minimum atomic E-state index is -0.748. The van der Waals surface area contributed by atoms with Crippen LogP contribution in [0.5, 0.6) is 0 Å². The van der Waals surface area contributed by atoms with Crippen LogP contribution in [0.25, 0.3) is 0 Å². The molecule has 0 aromatic carbocycles. The molecule has 0 heterocycles. The standard InChI is InChI=1S/C24H40O5/c1-13(4-7-21(28)29)16-5-6-17-22-18(12-20(27)24(16,17)3)23(2)9-8-15(25)10-14(23)11-19(22)26/h13-20,22,25-27H,4-12H2,1-3H3,(H,28,29)/t13?,14?,15-,16?,17?,18?,19-,20+,22?,23+,24-/m1/s1. The fourth-order valence-corrected chi connectivity index (χ4v) is 8.68. The average molecular weight is 409 g/mol. The smallest absolute Gasteiger partial charge is 0.303 e. The maximum Gasteiger partial charge on any atom is 0.303 e. The Kier molecular flexibility index (Phi) is 5.57. The van der Waals surface area contributed by atoms with E-state index in [1.807, 2.05) is 0 Å². The second kappa shape index (κ2) is 7.49. The third-order valence-electron chi connectivity index (χ3n) is 10.3. The van der Waals surface area contributed by atoms with E-state index >= 15 is 0 Å². The van der Waals surface area contributed by atoms with Gasteiger partial charge in [-0.3, -0.25) is 4.79 Å². The van der Waals surface area contributed by atoms with Crippen LogP contribution in [0.15, 0.2) is 0 Å². The van der Waals surface area contributed by atoms with Gasteiger partial charge in [0.05, 0.1) is 18.3 Å². The molecule has 4 N–H and O–H groups in total. The molecule has 5 nitrogen and oxygen atoms in total. The number of aliphatic hydroxyl groups excluding tert-OH is 3. The van der Waals surface area contributed by atoms with Crippen molar-refractivity contribution in [3.63, 3.8) is 0 Å². The molecule has 4 aliphatic rings. The van der Waals surface area contributed by atoms with Crippen LogP contribution >= 0.6 is 0 Å². The molecule has 5 heteroatoms. The lowest BCUT2D eigenvalue weighted by Crippen LogP contribution is -2.62. The van der Waals surface area contributed by atoms with Crippen LogP contribution in [0, 0.1) is 46.3 Å². The van der Waals surface area contributed by atoms with Crippen LogP contribution in [-0.4, -0.2) is 44.7 Å². The molecule has 6 unspecified atom stereocenters. The predicted molar refractivity (Wildman–Crippen MR) is 110 cm³/mol. The van der Waals surface area contributed by atoms with Gasteiger partial charge in [-0.2, -0.15) is 0 Å². The highest BCUT2D eigenvalue weighted by Crippen LogP contribution is 2.68. The molecular weight excluding hydrogens is 368 g/mol. The van der Waals surface area contributed by atoms with E-state index in [0.29, 0.717) is 30.1 Å². The fraction of sp³-hybridized carbons (Fsp3) is 0.958. The average Bonchev–Trinajstić information content (AvgIpc) is 3.01. The Morgan fingerprint density at radius 2 is 1.76 bits per heavy atom. The lowest BCUT2D eigenvalue weighted by molar-refractivity contribution is -0.207. The molecule has 0 aliphatic heterocycles. The molecule has 166 valence electrons. The molecule has 0 spiro atoms. The van der Waals surface area contributed by atoms with Crippen LogP contribution in [0.4, 0.5) is 0 Å². The number of carbonyl (C=O) groups is 1. The van der Waals surface area contributed by atoms with E-state index in [0.717, 1.165) is 44.9 Å².